The second-order valence-corrected chi connectivity index (χ2v) is 5.80. The van der Waals surface area contributed by atoms with Gasteiger partial charge in [0, 0.05) is 6.04 Å². The summed E-state index contributed by atoms with van der Waals surface area (Å²) in [7, 11) is 0. The monoisotopic (exact) mass is 238 g/mol. The first-order valence-electron chi connectivity index (χ1n) is 7.29. The molecule has 1 aliphatic heterocycles. The molecule has 98 valence electrons. The van der Waals surface area contributed by atoms with Crippen molar-refractivity contribution in [3.05, 3.63) is 0 Å². The summed E-state index contributed by atoms with van der Waals surface area (Å²) in [4.78, 5) is 12.1. The average Bonchev–Trinajstić information content (AvgIpc) is 3.00. The van der Waals surface area contributed by atoms with Crippen LogP contribution in [0.5, 0.6) is 0 Å². The molecule has 1 amide bonds. The molecule has 0 aromatic heterocycles. The SMILES string of the molecule is CC(CC1CC1)NC(=O)C1CCCCCCN1. The number of nitrogens with one attached hydrogen (secondary N) is 2. The summed E-state index contributed by atoms with van der Waals surface area (Å²) in [5.41, 5.74) is 0. The number of hydrogen-bond donors (Lipinski definition) is 2. The van der Waals surface area contributed by atoms with Crippen LogP contribution in [0.3, 0.4) is 0 Å². The molecule has 0 spiro atoms. The van der Waals surface area contributed by atoms with Crippen LogP contribution in [0.25, 0.3) is 0 Å². The van der Waals surface area contributed by atoms with Gasteiger partial charge in [0.05, 0.1) is 6.04 Å². The Morgan fingerprint density at radius 3 is 2.76 bits per heavy atom. The first-order chi connectivity index (χ1) is 8.25. The number of carbonyl (C=O) groups is 1. The zero-order chi connectivity index (χ0) is 12.1. The van der Waals surface area contributed by atoms with E-state index >= 15 is 0 Å². The van der Waals surface area contributed by atoms with Gasteiger partial charge in [0.2, 0.25) is 5.91 Å². The van der Waals surface area contributed by atoms with Crippen molar-refractivity contribution in [1.82, 2.24) is 10.6 Å². The summed E-state index contributed by atoms with van der Waals surface area (Å²) in [5, 5.41) is 6.55. The number of rotatable bonds is 4. The lowest BCUT2D eigenvalue weighted by atomic mass is 10.0. The topological polar surface area (TPSA) is 41.1 Å². The van der Waals surface area contributed by atoms with Gasteiger partial charge in [-0.25, -0.2) is 0 Å². The van der Waals surface area contributed by atoms with Crippen molar-refractivity contribution in [2.45, 2.75) is 70.4 Å². The van der Waals surface area contributed by atoms with Gasteiger partial charge in [-0.05, 0) is 38.6 Å². The van der Waals surface area contributed by atoms with E-state index in [0.29, 0.717) is 6.04 Å². The van der Waals surface area contributed by atoms with Crippen LogP contribution in [0, 0.1) is 5.92 Å². The van der Waals surface area contributed by atoms with Gasteiger partial charge in [-0.15, -0.1) is 0 Å². The molecule has 1 heterocycles. The van der Waals surface area contributed by atoms with Gasteiger partial charge in [-0.2, -0.15) is 0 Å². The highest BCUT2D eigenvalue weighted by Crippen LogP contribution is 2.33. The van der Waals surface area contributed by atoms with E-state index in [1.54, 1.807) is 0 Å². The Kier molecular flexibility index (Phi) is 4.84. The summed E-state index contributed by atoms with van der Waals surface area (Å²) >= 11 is 0. The molecule has 1 aliphatic carbocycles. The highest BCUT2D eigenvalue weighted by Gasteiger charge is 2.26. The van der Waals surface area contributed by atoms with E-state index in [2.05, 4.69) is 17.6 Å². The Morgan fingerprint density at radius 1 is 1.24 bits per heavy atom. The molecule has 2 atom stereocenters. The van der Waals surface area contributed by atoms with Crippen molar-refractivity contribution >= 4 is 5.91 Å². The van der Waals surface area contributed by atoms with E-state index in [4.69, 9.17) is 0 Å². The average molecular weight is 238 g/mol. The lowest BCUT2D eigenvalue weighted by molar-refractivity contribution is -0.124. The minimum absolute atomic E-state index is 0.0527. The predicted octanol–water partition coefficient (Wildman–Crippen LogP) is 2.21. The molecule has 2 unspecified atom stereocenters. The Bertz CT molecular complexity index is 243. The Labute approximate surface area is 105 Å². The van der Waals surface area contributed by atoms with Crippen molar-refractivity contribution in [1.29, 1.82) is 0 Å². The van der Waals surface area contributed by atoms with Gasteiger partial charge in [0.25, 0.3) is 0 Å². The number of hydrogen-bond acceptors (Lipinski definition) is 2. The lowest BCUT2D eigenvalue weighted by Gasteiger charge is -2.23. The number of amides is 1. The maximum absolute atomic E-state index is 12.1. The van der Waals surface area contributed by atoms with E-state index in [-0.39, 0.29) is 11.9 Å². The van der Waals surface area contributed by atoms with Gasteiger partial charge in [-0.3, -0.25) is 4.79 Å². The van der Waals surface area contributed by atoms with Gasteiger partial charge in [0.15, 0.2) is 0 Å². The smallest absolute Gasteiger partial charge is 0.237 e. The molecule has 2 N–H and O–H groups in total. The second kappa shape index (κ2) is 6.39. The highest BCUT2D eigenvalue weighted by atomic mass is 16.2. The van der Waals surface area contributed by atoms with Crippen LogP contribution in [0.4, 0.5) is 0 Å². The standard InChI is InChI=1S/C14H26N2O/c1-11(10-12-7-8-12)16-14(17)13-6-4-2-3-5-9-15-13/h11-13,15H,2-10H2,1H3,(H,16,17). The predicted molar refractivity (Wildman–Crippen MR) is 69.8 cm³/mol. The Balaban J connectivity index is 1.71. The van der Waals surface area contributed by atoms with Gasteiger partial charge < -0.3 is 10.6 Å². The van der Waals surface area contributed by atoms with E-state index < -0.39 is 0 Å². The molecule has 0 aromatic carbocycles. The normalized spacial score (nSPS) is 27.9. The van der Waals surface area contributed by atoms with Crippen LogP contribution in [0.15, 0.2) is 0 Å². The van der Waals surface area contributed by atoms with Crippen LogP contribution < -0.4 is 10.6 Å². The fourth-order valence-corrected chi connectivity index (χ4v) is 2.69. The quantitative estimate of drug-likeness (QED) is 0.788. The molecule has 2 fully saturated rings. The van der Waals surface area contributed by atoms with Gasteiger partial charge in [0.1, 0.15) is 0 Å². The molecule has 2 aliphatic rings. The van der Waals surface area contributed by atoms with E-state index in [0.717, 1.165) is 18.9 Å². The van der Waals surface area contributed by atoms with Gasteiger partial charge >= 0.3 is 0 Å². The Morgan fingerprint density at radius 2 is 2.00 bits per heavy atom. The molecule has 2 rings (SSSR count). The van der Waals surface area contributed by atoms with Crippen LogP contribution in [-0.4, -0.2) is 24.5 Å². The van der Waals surface area contributed by atoms with Crippen LogP contribution in [0.1, 0.15) is 58.3 Å². The molecule has 17 heavy (non-hydrogen) atoms. The third-order valence-electron chi connectivity index (χ3n) is 3.90. The summed E-state index contributed by atoms with van der Waals surface area (Å²) in [6.07, 6.45) is 9.87. The third-order valence-corrected chi connectivity index (χ3v) is 3.90. The van der Waals surface area contributed by atoms with E-state index in [9.17, 15) is 4.79 Å². The molecule has 1 saturated carbocycles. The molecule has 3 heteroatoms. The summed E-state index contributed by atoms with van der Waals surface area (Å²) in [6.45, 7) is 3.13. The van der Waals surface area contributed by atoms with Crippen LogP contribution >= 0.6 is 0 Å². The minimum Gasteiger partial charge on any atom is -0.352 e. The van der Waals surface area contributed by atoms with Crippen molar-refractivity contribution in [2.24, 2.45) is 5.92 Å². The molecule has 3 nitrogen and oxygen atoms in total. The first kappa shape index (κ1) is 12.9. The molecular weight excluding hydrogens is 212 g/mol. The molecule has 0 bridgehead atoms. The maximum atomic E-state index is 12.1. The van der Waals surface area contributed by atoms with Gasteiger partial charge in [-0.1, -0.05) is 32.1 Å². The zero-order valence-electron chi connectivity index (χ0n) is 11.0. The van der Waals surface area contributed by atoms with Crippen molar-refractivity contribution in [3.8, 4) is 0 Å². The van der Waals surface area contributed by atoms with Crippen LogP contribution in [-0.2, 0) is 4.79 Å². The summed E-state index contributed by atoms with van der Waals surface area (Å²) in [6, 6.07) is 0.402. The summed E-state index contributed by atoms with van der Waals surface area (Å²) in [5.74, 6) is 1.11. The van der Waals surface area contributed by atoms with Crippen molar-refractivity contribution in [2.75, 3.05) is 6.54 Å². The molecular formula is C14H26N2O. The summed E-state index contributed by atoms with van der Waals surface area (Å²) < 4.78 is 0. The van der Waals surface area contributed by atoms with E-state index in [1.165, 1.54) is 44.9 Å². The van der Waals surface area contributed by atoms with Crippen molar-refractivity contribution < 1.29 is 4.79 Å². The molecule has 0 radical (unpaired) electrons. The number of carbonyl (C=O) groups excluding carboxylic acids is 1. The molecule has 0 aromatic rings. The minimum atomic E-state index is 0.0527. The van der Waals surface area contributed by atoms with Crippen LogP contribution in [0.2, 0.25) is 0 Å². The largest absolute Gasteiger partial charge is 0.352 e. The maximum Gasteiger partial charge on any atom is 0.237 e. The second-order valence-electron chi connectivity index (χ2n) is 5.80. The van der Waals surface area contributed by atoms with E-state index in [1.807, 2.05) is 0 Å². The fourth-order valence-electron chi connectivity index (χ4n) is 2.69. The van der Waals surface area contributed by atoms with Crippen molar-refractivity contribution in [3.63, 3.8) is 0 Å². The zero-order valence-corrected chi connectivity index (χ0v) is 11.0. The fraction of sp³-hybridized carbons (Fsp3) is 0.929. The Hall–Kier alpha value is -0.570. The third kappa shape index (κ3) is 4.66. The highest BCUT2D eigenvalue weighted by molar-refractivity contribution is 5.81. The first-order valence-corrected chi connectivity index (χ1v) is 7.29. The molecule has 1 saturated heterocycles. The lowest BCUT2D eigenvalue weighted by Crippen LogP contribution is -2.47.